The van der Waals surface area contributed by atoms with Crippen molar-refractivity contribution in [1.82, 2.24) is 14.9 Å². The lowest BCUT2D eigenvalue weighted by Gasteiger charge is -2.15. The summed E-state index contributed by atoms with van der Waals surface area (Å²) in [5.74, 6) is -0.962. The van der Waals surface area contributed by atoms with E-state index in [1.807, 2.05) is 19.1 Å². The molecule has 1 amide bonds. The van der Waals surface area contributed by atoms with Gasteiger partial charge in [0, 0.05) is 17.6 Å². The fraction of sp³-hybridized carbons (Fsp3) is 0.350. The van der Waals surface area contributed by atoms with Crippen LogP contribution in [-0.4, -0.2) is 20.6 Å². The molecule has 0 aliphatic rings. The van der Waals surface area contributed by atoms with Crippen molar-refractivity contribution in [2.75, 3.05) is 0 Å². The van der Waals surface area contributed by atoms with Gasteiger partial charge in [0.1, 0.15) is 5.82 Å². The zero-order valence-electron chi connectivity index (χ0n) is 15.9. The van der Waals surface area contributed by atoms with Crippen molar-refractivity contribution in [3.63, 3.8) is 0 Å². The van der Waals surface area contributed by atoms with E-state index in [1.54, 1.807) is 39.0 Å². The van der Waals surface area contributed by atoms with E-state index >= 15 is 0 Å². The molecule has 2 aromatic rings. The van der Waals surface area contributed by atoms with Crippen molar-refractivity contribution in [3.05, 3.63) is 62.3 Å². The highest BCUT2D eigenvalue weighted by Crippen LogP contribution is 2.17. The number of allylic oxidation sites excluding steroid dienone is 1. The van der Waals surface area contributed by atoms with Crippen LogP contribution in [0.4, 0.5) is 0 Å². The molecule has 0 atom stereocenters. The molecule has 2 rings (SSSR count). The first-order chi connectivity index (χ1) is 12.8. The van der Waals surface area contributed by atoms with Gasteiger partial charge in [0.2, 0.25) is 5.75 Å². The smallest absolute Gasteiger partial charge is 0.297 e. The summed E-state index contributed by atoms with van der Waals surface area (Å²) in [6.07, 6.45) is 4.17. The molecule has 7 heteroatoms. The molecule has 0 saturated heterocycles. The predicted molar refractivity (Wildman–Crippen MR) is 107 cm³/mol. The molecular weight excluding hydrogens is 366 g/mol. The number of carbonyl (C=O) groups excluding carboxylic acids is 1. The summed E-state index contributed by atoms with van der Waals surface area (Å²) in [6, 6.07) is 5.37. The summed E-state index contributed by atoms with van der Waals surface area (Å²) in [4.78, 5) is 29.2. The Morgan fingerprint density at radius 1 is 1.33 bits per heavy atom. The van der Waals surface area contributed by atoms with E-state index in [0.29, 0.717) is 10.8 Å². The van der Waals surface area contributed by atoms with Crippen LogP contribution < -0.4 is 10.9 Å². The summed E-state index contributed by atoms with van der Waals surface area (Å²) in [5.41, 5.74) is 0.955. The SMILES string of the molecule is C/C=C/c1nc(C(=O)NCc2cc(Cl)cc(CC)c2)c(O)c(=O)n1C(C)C. The van der Waals surface area contributed by atoms with Gasteiger partial charge >= 0.3 is 0 Å². The number of amides is 1. The van der Waals surface area contributed by atoms with Crippen LogP contribution in [0.1, 0.15) is 61.2 Å². The fourth-order valence-corrected chi connectivity index (χ4v) is 3.03. The maximum atomic E-state index is 12.5. The molecule has 0 bridgehead atoms. The maximum Gasteiger partial charge on any atom is 0.297 e. The summed E-state index contributed by atoms with van der Waals surface area (Å²) < 4.78 is 1.34. The number of hydrogen-bond donors (Lipinski definition) is 2. The number of rotatable bonds is 6. The van der Waals surface area contributed by atoms with Gasteiger partial charge in [-0.25, -0.2) is 4.98 Å². The predicted octanol–water partition coefficient (Wildman–Crippen LogP) is 3.71. The normalized spacial score (nSPS) is 11.3. The zero-order chi connectivity index (χ0) is 20.1. The van der Waals surface area contributed by atoms with Gasteiger partial charge in [0.05, 0.1) is 0 Å². The minimum Gasteiger partial charge on any atom is -0.501 e. The van der Waals surface area contributed by atoms with E-state index < -0.39 is 17.2 Å². The van der Waals surface area contributed by atoms with Gasteiger partial charge in [0.15, 0.2) is 5.69 Å². The van der Waals surface area contributed by atoms with Gasteiger partial charge in [-0.3, -0.25) is 14.2 Å². The van der Waals surface area contributed by atoms with Crippen molar-refractivity contribution >= 4 is 23.6 Å². The van der Waals surface area contributed by atoms with Crippen LogP contribution in [0.5, 0.6) is 5.75 Å². The van der Waals surface area contributed by atoms with Gasteiger partial charge < -0.3 is 10.4 Å². The van der Waals surface area contributed by atoms with E-state index in [0.717, 1.165) is 17.5 Å². The Hall–Kier alpha value is -2.60. The number of aryl methyl sites for hydroxylation is 1. The minimum atomic E-state index is -0.658. The third kappa shape index (κ3) is 4.77. The van der Waals surface area contributed by atoms with Crippen molar-refractivity contribution in [3.8, 4) is 5.75 Å². The first-order valence-corrected chi connectivity index (χ1v) is 9.21. The molecule has 1 aromatic heterocycles. The molecule has 0 aliphatic carbocycles. The topological polar surface area (TPSA) is 84.2 Å². The Bertz CT molecular complexity index is 933. The lowest BCUT2D eigenvalue weighted by Crippen LogP contribution is -2.31. The highest BCUT2D eigenvalue weighted by Gasteiger charge is 2.21. The third-order valence-corrected chi connectivity index (χ3v) is 4.26. The van der Waals surface area contributed by atoms with E-state index in [2.05, 4.69) is 10.3 Å². The molecule has 0 radical (unpaired) electrons. The second kappa shape index (κ2) is 8.86. The van der Waals surface area contributed by atoms with Crippen LogP contribution >= 0.6 is 11.6 Å². The number of nitrogens with zero attached hydrogens (tertiary/aromatic N) is 2. The summed E-state index contributed by atoms with van der Waals surface area (Å²) in [6.45, 7) is 7.62. The van der Waals surface area contributed by atoms with Crippen LogP contribution in [0, 0.1) is 0 Å². The highest BCUT2D eigenvalue weighted by molar-refractivity contribution is 6.30. The zero-order valence-corrected chi connectivity index (χ0v) is 16.7. The summed E-state index contributed by atoms with van der Waals surface area (Å²) in [5, 5.41) is 13.5. The molecule has 1 heterocycles. The number of aromatic nitrogens is 2. The number of benzene rings is 1. The average Bonchev–Trinajstić information content (AvgIpc) is 2.62. The van der Waals surface area contributed by atoms with Gasteiger partial charge in [0.25, 0.3) is 11.5 Å². The molecule has 0 saturated carbocycles. The van der Waals surface area contributed by atoms with Crippen LogP contribution in [0.15, 0.2) is 29.1 Å². The Kier molecular flexibility index (Phi) is 6.80. The Morgan fingerprint density at radius 3 is 2.59 bits per heavy atom. The molecule has 6 nitrogen and oxygen atoms in total. The Balaban J connectivity index is 2.34. The molecule has 0 unspecified atom stereocenters. The number of aromatic hydroxyl groups is 1. The number of hydrogen-bond acceptors (Lipinski definition) is 4. The van der Waals surface area contributed by atoms with Crippen molar-refractivity contribution < 1.29 is 9.90 Å². The molecule has 0 spiro atoms. The number of nitrogens with one attached hydrogen (secondary N) is 1. The molecule has 144 valence electrons. The van der Waals surface area contributed by atoms with E-state index in [9.17, 15) is 14.7 Å². The lowest BCUT2D eigenvalue weighted by atomic mass is 10.1. The monoisotopic (exact) mass is 389 g/mol. The van der Waals surface area contributed by atoms with Gasteiger partial charge in [-0.2, -0.15) is 0 Å². The summed E-state index contributed by atoms with van der Waals surface area (Å²) in [7, 11) is 0. The van der Waals surface area contributed by atoms with E-state index in [4.69, 9.17) is 11.6 Å². The highest BCUT2D eigenvalue weighted by atomic mass is 35.5. The Morgan fingerprint density at radius 2 is 2.00 bits per heavy atom. The average molecular weight is 390 g/mol. The van der Waals surface area contributed by atoms with Crippen molar-refractivity contribution in [2.45, 2.75) is 46.7 Å². The molecule has 27 heavy (non-hydrogen) atoms. The van der Waals surface area contributed by atoms with Gasteiger partial charge in [-0.05, 0) is 56.5 Å². The van der Waals surface area contributed by atoms with Crippen LogP contribution in [-0.2, 0) is 13.0 Å². The van der Waals surface area contributed by atoms with E-state index in [-0.39, 0.29) is 18.3 Å². The third-order valence-electron chi connectivity index (χ3n) is 4.04. The van der Waals surface area contributed by atoms with Crippen LogP contribution in [0.2, 0.25) is 5.02 Å². The standard InChI is InChI=1S/C20H24ClN3O3/c1-5-7-16-23-17(18(25)20(27)24(16)12(3)4)19(26)22-11-14-8-13(6-2)9-15(21)10-14/h5,7-10,12,25H,6,11H2,1-4H3,(H,22,26)/b7-5+. The Labute approximate surface area is 163 Å². The first kappa shape index (κ1) is 20.7. The maximum absolute atomic E-state index is 12.5. The molecular formula is C20H24ClN3O3. The molecule has 0 aliphatic heterocycles. The minimum absolute atomic E-state index is 0.208. The largest absolute Gasteiger partial charge is 0.501 e. The first-order valence-electron chi connectivity index (χ1n) is 8.83. The van der Waals surface area contributed by atoms with Crippen LogP contribution in [0.3, 0.4) is 0 Å². The lowest BCUT2D eigenvalue weighted by molar-refractivity contribution is 0.0941. The van der Waals surface area contributed by atoms with Gasteiger partial charge in [-0.1, -0.05) is 30.7 Å². The molecule has 1 aromatic carbocycles. The molecule has 2 N–H and O–H groups in total. The summed E-state index contributed by atoms with van der Waals surface area (Å²) >= 11 is 6.09. The second-order valence-electron chi connectivity index (χ2n) is 6.44. The second-order valence-corrected chi connectivity index (χ2v) is 6.88. The number of carbonyl (C=O) groups is 1. The van der Waals surface area contributed by atoms with Gasteiger partial charge in [-0.15, -0.1) is 0 Å². The number of halogens is 1. The van der Waals surface area contributed by atoms with Crippen molar-refractivity contribution in [2.24, 2.45) is 0 Å². The van der Waals surface area contributed by atoms with Crippen molar-refractivity contribution in [1.29, 1.82) is 0 Å². The molecule has 0 fully saturated rings. The fourth-order valence-electron chi connectivity index (χ4n) is 2.75. The van der Waals surface area contributed by atoms with Crippen LogP contribution in [0.25, 0.3) is 6.08 Å². The quantitative estimate of drug-likeness (QED) is 0.788. The van der Waals surface area contributed by atoms with E-state index in [1.165, 1.54) is 4.57 Å².